The van der Waals surface area contributed by atoms with E-state index in [-0.39, 0.29) is 17.0 Å². The quantitative estimate of drug-likeness (QED) is 0.455. The Balaban J connectivity index is 1.46. The highest BCUT2D eigenvalue weighted by Gasteiger charge is 2.51. The number of β-lactam (4-membered cyclic amide) rings is 1. The molecule has 136 valence electrons. The van der Waals surface area contributed by atoms with Crippen molar-refractivity contribution in [2.24, 2.45) is 5.73 Å². The molecule has 1 saturated heterocycles. The number of carboxylic acids is 1. The van der Waals surface area contributed by atoms with Crippen molar-refractivity contribution in [1.82, 2.24) is 35.3 Å². The fraction of sp³-hybridized carbons (Fsp3) is 0.417. The summed E-state index contributed by atoms with van der Waals surface area (Å²) < 4.78 is 2.25. The molecule has 2 aliphatic rings. The summed E-state index contributed by atoms with van der Waals surface area (Å²) in [5.41, 5.74) is 6.47. The number of hydrogen-bond donors (Lipinski definition) is 2. The van der Waals surface area contributed by atoms with Crippen LogP contribution in [-0.2, 0) is 16.1 Å². The van der Waals surface area contributed by atoms with Gasteiger partial charge in [0.1, 0.15) is 28.4 Å². The van der Waals surface area contributed by atoms with Crippen molar-refractivity contribution in [2.75, 3.05) is 11.5 Å². The Hall–Kier alpha value is -2.03. The Morgan fingerprint density at radius 1 is 1.46 bits per heavy atom. The Bertz CT molecular complexity index is 882. The van der Waals surface area contributed by atoms with Crippen molar-refractivity contribution in [3.05, 3.63) is 22.6 Å². The van der Waals surface area contributed by atoms with E-state index in [1.165, 1.54) is 50.8 Å². The Labute approximate surface area is 159 Å². The molecule has 2 aliphatic heterocycles. The molecule has 0 aromatic carbocycles. The van der Waals surface area contributed by atoms with Crippen LogP contribution < -0.4 is 5.73 Å². The fourth-order valence-electron chi connectivity index (χ4n) is 2.59. The monoisotopic (exact) mass is 412 g/mol. The third-order valence-corrected chi connectivity index (χ3v) is 7.29. The molecule has 26 heavy (non-hydrogen) atoms. The van der Waals surface area contributed by atoms with E-state index in [0.717, 1.165) is 5.01 Å². The molecule has 1 fully saturated rings. The number of carbonyl (C=O) groups excluding carboxylic acids is 1. The number of nitrogens with two attached hydrogens (primary N) is 1. The van der Waals surface area contributed by atoms with Crippen LogP contribution in [0.3, 0.4) is 0 Å². The van der Waals surface area contributed by atoms with Gasteiger partial charge in [-0.25, -0.2) is 9.48 Å². The molecule has 0 bridgehead atoms. The molecular formula is C12H12N8O3S3. The molecule has 14 heteroatoms. The van der Waals surface area contributed by atoms with Crippen LogP contribution in [0.1, 0.15) is 5.01 Å². The summed E-state index contributed by atoms with van der Waals surface area (Å²) in [7, 11) is 0. The predicted octanol–water partition coefficient (Wildman–Crippen LogP) is -0.754. The SMILES string of the molecule is NC1C(=O)N2C(C(=O)O)=C(CSc3nnc(Cn4cnnn4)s3)CSC12. The van der Waals surface area contributed by atoms with Crippen molar-refractivity contribution in [3.63, 3.8) is 0 Å². The Morgan fingerprint density at radius 3 is 3.04 bits per heavy atom. The van der Waals surface area contributed by atoms with Gasteiger partial charge in [-0.15, -0.1) is 27.1 Å². The number of aliphatic carboxylic acids is 1. The number of carbonyl (C=O) groups is 2. The van der Waals surface area contributed by atoms with Crippen molar-refractivity contribution in [1.29, 1.82) is 0 Å². The highest BCUT2D eigenvalue weighted by atomic mass is 32.2. The van der Waals surface area contributed by atoms with Gasteiger partial charge in [0, 0.05) is 11.5 Å². The molecule has 4 rings (SSSR count). The normalized spacial score (nSPS) is 22.3. The third kappa shape index (κ3) is 3.08. The Kier molecular flexibility index (Phi) is 4.64. The highest BCUT2D eigenvalue weighted by molar-refractivity contribution is 8.01. The lowest BCUT2D eigenvalue weighted by Gasteiger charge is -2.48. The first-order valence-electron chi connectivity index (χ1n) is 7.36. The van der Waals surface area contributed by atoms with E-state index in [0.29, 0.717) is 28.0 Å². The molecule has 0 radical (unpaired) electrons. The van der Waals surface area contributed by atoms with Crippen LogP contribution in [0.25, 0.3) is 0 Å². The van der Waals surface area contributed by atoms with E-state index in [9.17, 15) is 14.7 Å². The van der Waals surface area contributed by atoms with E-state index >= 15 is 0 Å². The summed E-state index contributed by atoms with van der Waals surface area (Å²) in [6.07, 6.45) is 1.49. The average molecular weight is 412 g/mol. The number of rotatable bonds is 6. The van der Waals surface area contributed by atoms with E-state index in [2.05, 4.69) is 25.7 Å². The van der Waals surface area contributed by atoms with Crippen molar-refractivity contribution in [3.8, 4) is 0 Å². The molecule has 0 aliphatic carbocycles. The Morgan fingerprint density at radius 2 is 2.31 bits per heavy atom. The van der Waals surface area contributed by atoms with Crippen LogP contribution in [0, 0.1) is 0 Å². The minimum absolute atomic E-state index is 0.0476. The van der Waals surface area contributed by atoms with Gasteiger partial charge in [0.15, 0.2) is 4.34 Å². The maximum absolute atomic E-state index is 11.9. The maximum Gasteiger partial charge on any atom is 0.352 e. The fourth-order valence-corrected chi connectivity index (χ4v) is 5.91. The van der Waals surface area contributed by atoms with Gasteiger partial charge in [-0.05, 0) is 16.0 Å². The third-order valence-electron chi connectivity index (χ3n) is 3.80. The summed E-state index contributed by atoms with van der Waals surface area (Å²) in [6, 6.07) is -0.624. The van der Waals surface area contributed by atoms with Crippen molar-refractivity contribution in [2.45, 2.75) is 22.3 Å². The summed E-state index contributed by atoms with van der Waals surface area (Å²) in [5.74, 6) is -0.517. The minimum atomic E-state index is -1.11. The maximum atomic E-state index is 11.9. The first kappa shape index (κ1) is 17.4. The second-order valence-electron chi connectivity index (χ2n) is 5.45. The van der Waals surface area contributed by atoms with Crippen LogP contribution in [0.2, 0.25) is 0 Å². The average Bonchev–Trinajstić information content (AvgIpc) is 3.30. The lowest BCUT2D eigenvalue weighted by Crippen LogP contribution is -2.68. The number of nitrogens with zero attached hydrogens (tertiary/aromatic N) is 7. The molecule has 4 heterocycles. The van der Waals surface area contributed by atoms with Gasteiger partial charge in [0.05, 0.1) is 6.54 Å². The summed E-state index contributed by atoms with van der Waals surface area (Å²) in [5, 5.41) is 29.0. The van der Waals surface area contributed by atoms with Crippen LogP contribution in [0.4, 0.5) is 0 Å². The van der Waals surface area contributed by atoms with E-state index in [1.807, 2.05) is 0 Å². The van der Waals surface area contributed by atoms with Gasteiger partial charge in [-0.3, -0.25) is 9.69 Å². The summed E-state index contributed by atoms with van der Waals surface area (Å²) in [4.78, 5) is 24.9. The summed E-state index contributed by atoms with van der Waals surface area (Å²) in [6.45, 7) is 0.423. The number of amides is 1. The van der Waals surface area contributed by atoms with Crippen molar-refractivity contribution < 1.29 is 14.7 Å². The standard InChI is InChI=1S/C12H12N8O3S3/c13-7-9(21)20-8(11(22)23)5(2-24-10(7)20)3-25-12-16-15-6(26-12)1-19-4-14-17-18-19/h4,7,10H,1-3,13H2,(H,22,23). The predicted molar refractivity (Wildman–Crippen MR) is 93.3 cm³/mol. The molecule has 3 N–H and O–H groups in total. The second-order valence-corrected chi connectivity index (χ2v) is 8.84. The van der Waals surface area contributed by atoms with Gasteiger partial charge >= 0.3 is 5.97 Å². The van der Waals surface area contributed by atoms with Crippen molar-refractivity contribution >= 4 is 46.7 Å². The van der Waals surface area contributed by atoms with Gasteiger partial charge in [-0.2, -0.15) is 0 Å². The number of fused-ring (bicyclic) bond motifs is 1. The zero-order chi connectivity index (χ0) is 18.3. The van der Waals surface area contributed by atoms with Gasteiger partial charge in [0.25, 0.3) is 0 Å². The van der Waals surface area contributed by atoms with Crippen LogP contribution in [0.15, 0.2) is 21.9 Å². The zero-order valence-corrected chi connectivity index (χ0v) is 15.5. The molecular weight excluding hydrogens is 400 g/mol. The lowest BCUT2D eigenvalue weighted by atomic mass is 10.0. The molecule has 1 amide bonds. The first-order chi connectivity index (χ1) is 12.5. The molecule has 0 spiro atoms. The number of carboxylic acid groups (broad SMARTS) is 1. The second kappa shape index (κ2) is 6.94. The number of thioether (sulfide) groups is 2. The first-order valence-corrected chi connectivity index (χ1v) is 10.2. The largest absolute Gasteiger partial charge is 0.477 e. The van der Waals surface area contributed by atoms with Crippen LogP contribution in [0.5, 0.6) is 0 Å². The lowest BCUT2D eigenvalue weighted by molar-refractivity contribution is -0.147. The smallest absolute Gasteiger partial charge is 0.352 e. The molecule has 0 saturated carbocycles. The molecule has 2 unspecified atom stereocenters. The summed E-state index contributed by atoms with van der Waals surface area (Å²) >= 11 is 4.27. The van der Waals surface area contributed by atoms with E-state index < -0.39 is 12.0 Å². The van der Waals surface area contributed by atoms with E-state index in [4.69, 9.17) is 5.73 Å². The number of tetrazole rings is 1. The minimum Gasteiger partial charge on any atom is -0.477 e. The zero-order valence-electron chi connectivity index (χ0n) is 13.0. The highest BCUT2D eigenvalue weighted by Crippen LogP contribution is 2.40. The molecule has 11 nitrogen and oxygen atoms in total. The van der Waals surface area contributed by atoms with Gasteiger partial charge < -0.3 is 10.8 Å². The molecule has 2 atom stereocenters. The molecule has 2 aromatic rings. The number of aromatic nitrogens is 6. The molecule has 2 aromatic heterocycles. The number of hydrogen-bond acceptors (Lipinski definition) is 11. The van der Waals surface area contributed by atoms with Crippen LogP contribution >= 0.6 is 34.9 Å². The van der Waals surface area contributed by atoms with E-state index in [1.54, 1.807) is 0 Å². The van der Waals surface area contributed by atoms with Gasteiger partial charge in [-0.1, -0.05) is 23.1 Å². The van der Waals surface area contributed by atoms with Gasteiger partial charge in [0.2, 0.25) is 5.91 Å². The topological polar surface area (TPSA) is 153 Å². The van der Waals surface area contributed by atoms with Crippen LogP contribution in [-0.4, -0.2) is 75.2 Å².